The first-order valence-corrected chi connectivity index (χ1v) is 22.3. The molecule has 0 atom stereocenters. The molecule has 5 aromatic carbocycles. The lowest BCUT2D eigenvalue weighted by Gasteiger charge is -2.37. The van der Waals surface area contributed by atoms with E-state index in [1.165, 1.54) is 140 Å². The first kappa shape index (κ1) is 40.8. The van der Waals surface area contributed by atoms with Crippen LogP contribution in [-0.2, 0) is 10.2 Å². The molecule has 1 aliphatic carbocycles. The van der Waals surface area contributed by atoms with Crippen molar-refractivity contribution >= 4 is 11.4 Å². The van der Waals surface area contributed by atoms with Crippen molar-refractivity contribution in [2.75, 3.05) is 31.8 Å². The molecular formula is C54H67NO2. The van der Waals surface area contributed by atoms with Crippen molar-refractivity contribution in [3.8, 4) is 39.1 Å². The van der Waals surface area contributed by atoms with Crippen LogP contribution in [0.4, 0.5) is 11.4 Å². The number of nitrogens with zero attached hydrogens (tertiary/aromatic N) is 1. The Morgan fingerprint density at radius 3 is 1.53 bits per heavy atom. The van der Waals surface area contributed by atoms with E-state index in [9.17, 15) is 0 Å². The minimum atomic E-state index is 0.0915. The monoisotopic (exact) mass is 762 g/mol. The molecule has 1 saturated heterocycles. The van der Waals surface area contributed by atoms with E-state index in [0.29, 0.717) is 6.61 Å². The number of anilines is 2. The van der Waals surface area contributed by atoms with Crippen LogP contribution in [0, 0.1) is 12.3 Å². The molecule has 3 heteroatoms. The third-order valence-electron chi connectivity index (χ3n) is 12.9. The van der Waals surface area contributed by atoms with Crippen LogP contribution < -0.4 is 9.64 Å². The van der Waals surface area contributed by atoms with Gasteiger partial charge in [0.1, 0.15) is 5.75 Å². The van der Waals surface area contributed by atoms with Crippen LogP contribution in [0.2, 0.25) is 0 Å². The summed E-state index contributed by atoms with van der Waals surface area (Å²) in [7, 11) is 2.16. The number of unbranched alkanes of at least 4 members (excludes halogenated alkanes) is 10. The maximum Gasteiger partial charge on any atom is 0.119 e. The fourth-order valence-corrected chi connectivity index (χ4v) is 9.31. The van der Waals surface area contributed by atoms with Gasteiger partial charge in [-0.1, -0.05) is 170 Å². The van der Waals surface area contributed by atoms with Crippen LogP contribution in [0.25, 0.3) is 33.4 Å². The van der Waals surface area contributed by atoms with E-state index in [0.717, 1.165) is 19.0 Å². The molecule has 57 heavy (non-hydrogen) atoms. The topological polar surface area (TPSA) is 21.7 Å². The number of rotatable bonds is 21. The highest BCUT2D eigenvalue weighted by Crippen LogP contribution is 2.55. The largest absolute Gasteiger partial charge is 0.493 e. The predicted molar refractivity (Wildman–Crippen MR) is 243 cm³/mol. The van der Waals surface area contributed by atoms with Gasteiger partial charge in [0.15, 0.2) is 0 Å². The van der Waals surface area contributed by atoms with Gasteiger partial charge in [0.2, 0.25) is 0 Å². The minimum Gasteiger partial charge on any atom is -0.493 e. The number of benzene rings is 5. The smallest absolute Gasteiger partial charge is 0.119 e. The van der Waals surface area contributed by atoms with E-state index in [4.69, 9.17) is 9.47 Å². The van der Waals surface area contributed by atoms with Gasteiger partial charge >= 0.3 is 0 Å². The van der Waals surface area contributed by atoms with Gasteiger partial charge in [-0.05, 0) is 107 Å². The van der Waals surface area contributed by atoms with Gasteiger partial charge in [-0.3, -0.25) is 0 Å². The summed E-state index contributed by atoms with van der Waals surface area (Å²) in [5, 5.41) is 0. The lowest BCUT2D eigenvalue weighted by Crippen LogP contribution is -2.44. The molecule has 3 nitrogen and oxygen atoms in total. The summed E-state index contributed by atoms with van der Waals surface area (Å²) in [6, 6.07) is 41.2. The number of hydrogen-bond acceptors (Lipinski definition) is 3. The maximum absolute atomic E-state index is 6.05. The number of fused-ring (bicyclic) bond motifs is 3. The van der Waals surface area contributed by atoms with Gasteiger partial charge in [-0.25, -0.2) is 0 Å². The maximum atomic E-state index is 6.05. The molecule has 2 aliphatic rings. The Kier molecular flexibility index (Phi) is 13.6. The second-order valence-corrected chi connectivity index (χ2v) is 17.7. The minimum absolute atomic E-state index is 0.0915. The molecule has 1 aliphatic heterocycles. The van der Waals surface area contributed by atoms with E-state index in [2.05, 4.69) is 149 Å². The molecule has 1 fully saturated rings. The van der Waals surface area contributed by atoms with Gasteiger partial charge < -0.3 is 14.4 Å². The fourth-order valence-electron chi connectivity index (χ4n) is 9.31. The van der Waals surface area contributed by atoms with Crippen molar-refractivity contribution in [3.63, 3.8) is 0 Å². The van der Waals surface area contributed by atoms with Crippen LogP contribution in [0.1, 0.15) is 127 Å². The molecule has 0 amide bonds. The second-order valence-electron chi connectivity index (χ2n) is 17.7. The average molecular weight is 762 g/mol. The third-order valence-corrected chi connectivity index (χ3v) is 12.9. The molecule has 0 saturated carbocycles. The molecule has 0 spiro atoms. The summed E-state index contributed by atoms with van der Waals surface area (Å²) in [6.07, 6.45) is 18.6. The molecule has 7 rings (SSSR count). The Bertz CT molecular complexity index is 2010. The highest BCUT2D eigenvalue weighted by molar-refractivity contribution is 5.84. The second kappa shape index (κ2) is 18.9. The van der Waals surface area contributed by atoms with Crippen molar-refractivity contribution in [1.29, 1.82) is 0 Å². The number of ether oxygens (including phenoxy) is 2. The summed E-state index contributed by atoms with van der Waals surface area (Å²) < 4.78 is 11.4. The van der Waals surface area contributed by atoms with Gasteiger partial charge in [0, 0.05) is 29.3 Å². The molecular weight excluding hydrogens is 695 g/mol. The molecule has 1 heterocycles. The van der Waals surface area contributed by atoms with Crippen molar-refractivity contribution in [2.45, 2.75) is 123 Å². The van der Waals surface area contributed by atoms with E-state index in [1.807, 2.05) is 0 Å². The summed E-state index contributed by atoms with van der Waals surface area (Å²) >= 11 is 0. The van der Waals surface area contributed by atoms with Crippen LogP contribution in [0.5, 0.6) is 5.75 Å². The molecule has 0 radical (unpaired) electrons. The highest BCUT2D eigenvalue weighted by Gasteiger charge is 2.42. The molecule has 0 bridgehead atoms. The Labute approximate surface area is 344 Å². The Hall–Kier alpha value is -4.34. The van der Waals surface area contributed by atoms with Crippen LogP contribution in [0.3, 0.4) is 0 Å². The molecule has 0 aromatic heterocycles. The molecule has 0 N–H and O–H groups in total. The zero-order chi connectivity index (χ0) is 39.7. The summed E-state index contributed by atoms with van der Waals surface area (Å²) in [5.74, 6) is 0.910. The zero-order valence-electron chi connectivity index (χ0n) is 35.7. The van der Waals surface area contributed by atoms with Crippen molar-refractivity contribution in [3.05, 3.63) is 126 Å². The van der Waals surface area contributed by atoms with Crippen molar-refractivity contribution < 1.29 is 9.47 Å². The highest BCUT2D eigenvalue weighted by atomic mass is 16.5. The van der Waals surface area contributed by atoms with E-state index in [-0.39, 0.29) is 10.8 Å². The van der Waals surface area contributed by atoms with Crippen LogP contribution in [0.15, 0.2) is 109 Å². The lowest BCUT2D eigenvalue weighted by molar-refractivity contribution is -0.120. The van der Waals surface area contributed by atoms with Crippen molar-refractivity contribution in [2.24, 2.45) is 5.41 Å². The lowest BCUT2D eigenvalue weighted by atomic mass is 9.70. The standard InChI is InChI=1S/C54H67NO2/c1-6-8-10-12-14-16-34-54(35-17-15-13-11-9-7-2)51-36-41(3)18-32-49(51)50-33-25-45(37-52(50)54)44-21-28-47(29-22-44)55(5)46-26-19-42(20-27-46)43-23-30-48(31-24-43)57-40-53(4)38-56-39-53/h18-33,36-37H,6-17,34-35,38-40H2,1-5H3. The molecule has 0 unspecified atom stereocenters. The van der Waals surface area contributed by atoms with Gasteiger partial charge in [0.05, 0.1) is 19.8 Å². The Morgan fingerprint density at radius 1 is 0.544 bits per heavy atom. The zero-order valence-corrected chi connectivity index (χ0v) is 35.7. The van der Waals surface area contributed by atoms with E-state index >= 15 is 0 Å². The predicted octanol–water partition coefficient (Wildman–Crippen LogP) is 15.3. The summed E-state index contributed by atoms with van der Waals surface area (Å²) in [5.41, 5.74) is 15.1. The SMILES string of the molecule is CCCCCCCCC1(CCCCCCCC)c2cc(C)ccc2-c2ccc(-c3ccc(N(C)c4ccc(-c5ccc(OCC6(C)COC6)cc5)cc4)cc3)cc21. The van der Waals surface area contributed by atoms with Crippen LogP contribution >= 0.6 is 0 Å². The number of aryl methyl sites for hydroxylation is 1. The van der Waals surface area contributed by atoms with Gasteiger partial charge in [-0.15, -0.1) is 0 Å². The number of hydrogen-bond donors (Lipinski definition) is 0. The first-order chi connectivity index (χ1) is 27.8. The van der Waals surface area contributed by atoms with Gasteiger partial charge in [0.25, 0.3) is 0 Å². The first-order valence-electron chi connectivity index (χ1n) is 22.3. The fraction of sp³-hybridized carbons (Fsp3) is 0.444. The quantitative estimate of drug-likeness (QED) is 0.0695. The van der Waals surface area contributed by atoms with E-state index in [1.54, 1.807) is 11.1 Å². The average Bonchev–Trinajstić information content (AvgIpc) is 3.49. The molecule has 300 valence electrons. The Balaban J connectivity index is 1.08. The normalized spacial score (nSPS) is 14.8. The summed E-state index contributed by atoms with van der Waals surface area (Å²) in [4.78, 5) is 2.28. The summed E-state index contributed by atoms with van der Waals surface area (Å²) in [6.45, 7) is 11.4. The Morgan fingerprint density at radius 2 is 1.00 bits per heavy atom. The van der Waals surface area contributed by atoms with E-state index < -0.39 is 0 Å². The third kappa shape index (κ3) is 9.52. The van der Waals surface area contributed by atoms with Crippen molar-refractivity contribution in [1.82, 2.24) is 0 Å². The van der Waals surface area contributed by atoms with Crippen LogP contribution in [-0.4, -0.2) is 26.9 Å². The molecule has 5 aromatic rings. The van der Waals surface area contributed by atoms with Gasteiger partial charge in [-0.2, -0.15) is 0 Å².